The van der Waals surface area contributed by atoms with Crippen molar-refractivity contribution in [3.05, 3.63) is 28.4 Å². The number of quaternary nitrogens is 1. The molecule has 1 N–H and O–H groups in total. The molecule has 8 heteroatoms. The van der Waals surface area contributed by atoms with Gasteiger partial charge in [-0.05, 0) is 6.07 Å². The van der Waals surface area contributed by atoms with E-state index in [1.807, 2.05) is 0 Å². The van der Waals surface area contributed by atoms with Gasteiger partial charge in [0.1, 0.15) is 11.4 Å². The number of halogens is 4. The van der Waals surface area contributed by atoms with Gasteiger partial charge in [0.25, 0.3) is 0 Å². The van der Waals surface area contributed by atoms with E-state index in [9.17, 15) is 18.7 Å². The molecule has 0 unspecified atom stereocenters. The molecule has 0 atom stereocenters. The zero-order chi connectivity index (χ0) is 15.3. The highest BCUT2D eigenvalue weighted by atomic mass is 79.9. The zero-order valence-corrected chi connectivity index (χ0v) is 12.8. The zero-order valence-electron chi connectivity index (χ0n) is 10.5. The SMILES string of the molecule is C[N+]1(C)C(C(=O)O)=Cc2c1ccc(OC(F)(F)Br)c2Cl. The van der Waals surface area contributed by atoms with Crippen LogP contribution in [0.15, 0.2) is 17.8 Å². The van der Waals surface area contributed by atoms with Crippen LogP contribution in [-0.4, -0.2) is 30.2 Å². The van der Waals surface area contributed by atoms with Crippen molar-refractivity contribution in [3.63, 3.8) is 0 Å². The number of alkyl halides is 3. The Labute approximate surface area is 126 Å². The van der Waals surface area contributed by atoms with Gasteiger partial charge in [0.05, 0.1) is 24.7 Å². The fraction of sp³-hybridized carbons (Fsp3) is 0.250. The van der Waals surface area contributed by atoms with Gasteiger partial charge in [-0.25, -0.2) is 4.79 Å². The molecule has 0 spiro atoms. The largest absolute Gasteiger partial charge is 0.474 e. The van der Waals surface area contributed by atoms with Crippen molar-refractivity contribution in [1.82, 2.24) is 4.48 Å². The number of hydrogen-bond acceptors (Lipinski definition) is 2. The topological polar surface area (TPSA) is 46.5 Å². The van der Waals surface area contributed by atoms with E-state index in [1.54, 1.807) is 14.1 Å². The van der Waals surface area contributed by atoms with Crippen LogP contribution >= 0.6 is 27.5 Å². The van der Waals surface area contributed by atoms with E-state index >= 15 is 0 Å². The molecule has 1 aromatic rings. The summed E-state index contributed by atoms with van der Waals surface area (Å²) >= 11 is 8.09. The van der Waals surface area contributed by atoms with Crippen LogP contribution < -0.4 is 9.22 Å². The Hall–Kier alpha value is -1.18. The van der Waals surface area contributed by atoms with Gasteiger partial charge >= 0.3 is 11.0 Å². The third kappa shape index (κ3) is 2.53. The van der Waals surface area contributed by atoms with E-state index < -0.39 is 11.0 Å². The minimum Gasteiger partial charge on any atom is -0.474 e. The number of likely N-dealkylation sites (N-methyl/N-ethyl adjacent to an activating group) is 1. The molecule has 0 aliphatic carbocycles. The number of benzene rings is 1. The monoisotopic (exact) mass is 368 g/mol. The maximum Gasteiger partial charge on any atom is 0.459 e. The lowest BCUT2D eigenvalue weighted by Gasteiger charge is -2.25. The van der Waals surface area contributed by atoms with E-state index in [0.29, 0.717) is 11.3 Å². The molecule has 20 heavy (non-hydrogen) atoms. The Kier molecular flexibility index (Phi) is 3.56. The van der Waals surface area contributed by atoms with Crippen molar-refractivity contribution in [1.29, 1.82) is 0 Å². The van der Waals surface area contributed by atoms with Crippen LogP contribution in [0.3, 0.4) is 0 Å². The third-order valence-corrected chi connectivity index (χ3v) is 3.60. The number of fused-ring (bicyclic) bond motifs is 1. The van der Waals surface area contributed by atoms with E-state index in [0.717, 1.165) is 0 Å². The number of hydrogen-bond donors (Lipinski definition) is 1. The van der Waals surface area contributed by atoms with Gasteiger partial charge in [0.15, 0.2) is 0 Å². The first kappa shape index (κ1) is 15.2. The van der Waals surface area contributed by atoms with Crippen LogP contribution in [0.25, 0.3) is 6.08 Å². The lowest BCUT2D eigenvalue weighted by molar-refractivity contribution is -0.133. The molecule has 1 aliphatic rings. The molecule has 2 rings (SSSR count). The Balaban J connectivity index is 2.56. The fourth-order valence-electron chi connectivity index (χ4n) is 2.12. The molecule has 0 radical (unpaired) electrons. The number of aliphatic carboxylic acids is 1. The Morgan fingerprint density at radius 3 is 2.55 bits per heavy atom. The lowest BCUT2D eigenvalue weighted by Crippen LogP contribution is -2.40. The Bertz CT molecular complexity index is 626. The van der Waals surface area contributed by atoms with Gasteiger partial charge in [-0.15, -0.1) is 0 Å². The average molecular weight is 370 g/mol. The summed E-state index contributed by atoms with van der Waals surface area (Å²) in [6.45, 7) is 0. The fourth-order valence-corrected chi connectivity index (χ4v) is 2.55. The molecular weight excluding hydrogens is 359 g/mol. The van der Waals surface area contributed by atoms with Crippen LogP contribution in [0, 0.1) is 0 Å². The second-order valence-corrected chi connectivity index (χ2v) is 5.95. The predicted octanol–water partition coefficient (Wildman–Crippen LogP) is 3.67. The Morgan fingerprint density at radius 1 is 1.45 bits per heavy atom. The van der Waals surface area contributed by atoms with E-state index in [2.05, 4.69) is 20.7 Å². The highest BCUT2D eigenvalue weighted by Gasteiger charge is 2.41. The van der Waals surface area contributed by atoms with Gasteiger partial charge < -0.3 is 9.84 Å². The first-order valence-electron chi connectivity index (χ1n) is 5.42. The van der Waals surface area contributed by atoms with Crippen LogP contribution in [0.1, 0.15) is 5.56 Å². The van der Waals surface area contributed by atoms with E-state index in [-0.39, 0.29) is 21.0 Å². The summed E-state index contributed by atoms with van der Waals surface area (Å²) in [7, 11) is 3.34. The standard InChI is InChI=1S/C12H9BrClF2NO3/c1-17(2)7-3-4-9(20-12(13,15)16)10(14)6(7)5-8(17)11(18)19/h3-5H,1-2H3/p+1. The highest BCUT2D eigenvalue weighted by Crippen LogP contribution is 2.46. The molecule has 0 fully saturated rings. The third-order valence-electron chi connectivity index (χ3n) is 3.05. The maximum absolute atomic E-state index is 12.8. The van der Waals surface area contributed by atoms with Gasteiger partial charge in [0.2, 0.25) is 5.70 Å². The van der Waals surface area contributed by atoms with Crippen LogP contribution in [0.4, 0.5) is 14.5 Å². The van der Waals surface area contributed by atoms with Crippen molar-refractivity contribution in [2.45, 2.75) is 5.02 Å². The summed E-state index contributed by atoms with van der Waals surface area (Å²) in [5.41, 5.74) is 1.05. The molecule has 0 bridgehead atoms. The summed E-state index contributed by atoms with van der Waals surface area (Å²) in [5.74, 6) is -1.33. The van der Waals surface area contributed by atoms with Crippen molar-refractivity contribution >= 4 is 45.3 Å². The van der Waals surface area contributed by atoms with Crippen molar-refractivity contribution in [3.8, 4) is 5.75 Å². The second kappa shape index (κ2) is 4.68. The number of carboxylic acids is 1. The smallest absolute Gasteiger partial charge is 0.459 e. The Morgan fingerprint density at radius 2 is 2.05 bits per heavy atom. The predicted molar refractivity (Wildman–Crippen MR) is 75.2 cm³/mol. The van der Waals surface area contributed by atoms with Gasteiger partial charge in [-0.1, -0.05) is 11.6 Å². The van der Waals surface area contributed by atoms with Gasteiger partial charge in [0, 0.05) is 28.1 Å². The maximum atomic E-state index is 12.8. The summed E-state index contributed by atoms with van der Waals surface area (Å²) < 4.78 is 30.0. The number of nitrogens with zero attached hydrogens (tertiary/aromatic N) is 1. The molecule has 0 amide bonds. The summed E-state index contributed by atoms with van der Waals surface area (Å²) in [6.07, 6.45) is 1.36. The number of ether oxygens (including phenoxy) is 1. The highest BCUT2D eigenvalue weighted by molar-refractivity contribution is 9.09. The number of rotatable bonds is 3. The van der Waals surface area contributed by atoms with E-state index in [1.165, 1.54) is 18.2 Å². The molecule has 1 heterocycles. The molecule has 0 saturated carbocycles. The van der Waals surface area contributed by atoms with Crippen molar-refractivity contribution in [2.75, 3.05) is 14.1 Å². The van der Waals surface area contributed by atoms with Crippen LogP contribution in [-0.2, 0) is 4.79 Å². The minimum absolute atomic E-state index is 0.0324. The number of carbonyl (C=O) groups is 1. The number of carboxylic acid groups (broad SMARTS) is 1. The molecule has 0 aromatic heterocycles. The van der Waals surface area contributed by atoms with Crippen molar-refractivity contribution < 1.29 is 23.4 Å². The summed E-state index contributed by atoms with van der Waals surface area (Å²) in [6, 6.07) is 2.80. The van der Waals surface area contributed by atoms with Gasteiger partial charge in [-0.2, -0.15) is 8.78 Å². The molecule has 0 saturated heterocycles. The average Bonchev–Trinajstić information content (AvgIpc) is 2.53. The second-order valence-electron chi connectivity index (χ2n) is 4.65. The molecular formula is C12H10BrClF2NO3+. The quantitative estimate of drug-likeness (QED) is 0.653. The van der Waals surface area contributed by atoms with Crippen molar-refractivity contribution in [2.24, 2.45) is 0 Å². The minimum atomic E-state index is -3.55. The molecule has 4 nitrogen and oxygen atoms in total. The summed E-state index contributed by atoms with van der Waals surface area (Å²) in [5, 5.41) is 5.58. The van der Waals surface area contributed by atoms with Gasteiger partial charge in [-0.3, -0.25) is 4.48 Å². The molecule has 1 aromatic carbocycles. The normalized spacial score (nSPS) is 16.6. The lowest BCUT2D eigenvalue weighted by atomic mass is 10.2. The first-order chi connectivity index (χ1) is 9.04. The van der Waals surface area contributed by atoms with E-state index in [4.69, 9.17) is 11.6 Å². The first-order valence-corrected chi connectivity index (χ1v) is 6.59. The van der Waals surface area contributed by atoms with Crippen LogP contribution in [0.2, 0.25) is 5.02 Å². The van der Waals surface area contributed by atoms with Crippen LogP contribution in [0.5, 0.6) is 5.75 Å². The molecule has 108 valence electrons. The summed E-state index contributed by atoms with van der Waals surface area (Å²) in [4.78, 5) is 11.2. The molecule has 1 aliphatic heterocycles.